The van der Waals surface area contributed by atoms with Gasteiger partial charge in [0.15, 0.2) is 0 Å². The Labute approximate surface area is 170 Å². The molecule has 3 aliphatic rings. The predicted molar refractivity (Wildman–Crippen MR) is 104 cm³/mol. The van der Waals surface area contributed by atoms with Crippen LogP contribution in [0.3, 0.4) is 0 Å². The highest BCUT2D eigenvalue weighted by Gasteiger charge is 2.39. The van der Waals surface area contributed by atoms with Crippen LogP contribution in [-0.4, -0.2) is 47.3 Å². The van der Waals surface area contributed by atoms with E-state index in [-0.39, 0.29) is 18.0 Å². The van der Waals surface area contributed by atoms with E-state index in [2.05, 4.69) is 10.4 Å². The SMILES string of the molecule is O=C1Cc2ccc(OC3CN(C(=O)N4N=CCC4c4cc(F)cc(F)c4)C3)cc2N1. The van der Waals surface area contributed by atoms with Gasteiger partial charge in [-0.15, -0.1) is 0 Å². The molecule has 3 heterocycles. The Balaban J connectivity index is 1.21. The van der Waals surface area contributed by atoms with Crippen molar-refractivity contribution in [2.45, 2.75) is 25.0 Å². The third-order valence-corrected chi connectivity index (χ3v) is 5.42. The van der Waals surface area contributed by atoms with Crippen LogP contribution < -0.4 is 10.1 Å². The van der Waals surface area contributed by atoms with Crippen LogP contribution in [0.1, 0.15) is 23.6 Å². The quantitative estimate of drug-likeness (QED) is 0.842. The number of nitrogens with one attached hydrogen (secondary N) is 1. The van der Waals surface area contributed by atoms with Crippen LogP contribution >= 0.6 is 0 Å². The summed E-state index contributed by atoms with van der Waals surface area (Å²) < 4.78 is 33.0. The minimum atomic E-state index is -0.688. The zero-order valence-corrected chi connectivity index (χ0v) is 15.8. The van der Waals surface area contributed by atoms with E-state index in [0.29, 0.717) is 37.2 Å². The first kappa shape index (κ1) is 18.5. The van der Waals surface area contributed by atoms with E-state index in [4.69, 9.17) is 4.74 Å². The normalized spacial score (nSPS) is 20.2. The number of hydrazone groups is 1. The van der Waals surface area contributed by atoms with Crippen molar-refractivity contribution < 1.29 is 23.1 Å². The average molecular weight is 412 g/mol. The van der Waals surface area contributed by atoms with Gasteiger partial charge in [0.2, 0.25) is 5.91 Å². The molecule has 0 spiro atoms. The number of likely N-dealkylation sites (tertiary alicyclic amines) is 1. The smallest absolute Gasteiger partial charge is 0.341 e. The molecule has 0 aromatic heterocycles. The molecule has 3 amide bonds. The molecule has 2 aromatic rings. The van der Waals surface area contributed by atoms with Gasteiger partial charge in [-0.25, -0.2) is 18.6 Å². The molecule has 154 valence electrons. The zero-order chi connectivity index (χ0) is 20.8. The van der Waals surface area contributed by atoms with Gasteiger partial charge in [0.25, 0.3) is 0 Å². The van der Waals surface area contributed by atoms with Gasteiger partial charge in [-0.1, -0.05) is 6.07 Å². The first-order chi connectivity index (χ1) is 14.5. The van der Waals surface area contributed by atoms with Crippen molar-refractivity contribution >= 4 is 23.8 Å². The second-order valence-electron chi connectivity index (χ2n) is 7.57. The highest BCUT2D eigenvalue weighted by atomic mass is 19.1. The van der Waals surface area contributed by atoms with Crippen molar-refractivity contribution in [3.63, 3.8) is 0 Å². The molecule has 3 aliphatic heterocycles. The molecule has 0 radical (unpaired) electrons. The molecule has 1 atom stereocenters. The summed E-state index contributed by atoms with van der Waals surface area (Å²) in [5.74, 6) is -0.790. The number of benzene rings is 2. The molecule has 1 unspecified atom stereocenters. The number of nitrogens with zero attached hydrogens (tertiary/aromatic N) is 3. The molecule has 5 rings (SSSR count). The van der Waals surface area contributed by atoms with E-state index >= 15 is 0 Å². The summed E-state index contributed by atoms with van der Waals surface area (Å²) in [5, 5.41) is 8.14. The third kappa shape index (κ3) is 3.36. The molecule has 1 N–H and O–H groups in total. The Morgan fingerprint density at radius 1 is 1.13 bits per heavy atom. The van der Waals surface area contributed by atoms with E-state index in [1.165, 1.54) is 17.1 Å². The minimum Gasteiger partial charge on any atom is -0.487 e. The van der Waals surface area contributed by atoms with Gasteiger partial charge in [0.05, 0.1) is 25.6 Å². The van der Waals surface area contributed by atoms with E-state index in [9.17, 15) is 18.4 Å². The van der Waals surface area contributed by atoms with Crippen LogP contribution in [0.5, 0.6) is 5.75 Å². The topological polar surface area (TPSA) is 74.2 Å². The van der Waals surface area contributed by atoms with E-state index in [0.717, 1.165) is 17.3 Å². The molecular formula is C21H18F2N4O3. The molecule has 1 fully saturated rings. The maximum Gasteiger partial charge on any atom is 0.341 e. The maximum atomic E-state index is 13.6. The number of urea groups is 1. The number of carbonyl (C=O) groups is 2. The van der Waals surface area contributed by atoms with E-state index in [1.54, 1.807) is 17.2 Å². The Morgan fingerprint density at radius 3 is 2.67 bits per heavy atom. The van der Waals surface area contributed by atoms with Crippen molar-refractivity contribution in [3.05, 3.63) is 59.2 Å². The van der Waals surface area contributed by atoms with E-state index < -0.39 is 17.7 Å². The number of halogens is 2. The van der Waals surface area contributed by atoms with Gasteiger partial charge in [-0.2, -0.15) is 5.10 Å². The Morgan fingerprint density at radius 2 is 1.90 bits per heavy atom. The maximum absolute atomic E-state index is 13.6. The molecule has 0 saturated carbocycles. The highest BCUT2D eigenvalue weighted by molar-refractivity contribution is 5.99. The zero-order valence-electron chi connectivity index (χ0n) is 15.8. The number of hydrogen-bond acceptors (Lipinski definition) is 4. The largest absolute Gasteiger partial charge is 0.487 e. The number of rotatable bonds is 3. The van der Waals surface area contributed by atoms with Crippen LogP contribution in [0.2, 0.25) is 0 Å². The fraction of sp³-hybridized carbons (Fsp3) is 0.286. The van der Waals surface area contributed by atoms with Gasteiger partial charge in [-0.3, -0.25) is 4.79 Å². The standard InChI is InChI=1S/C21H18F2N4O3/c22-14-5-13(6-15(23)8-14)19-3-4-24-27(19)21(29)26-10-17(11-26)30-16-2-1-12-7-20(28)25-18(12)9-16/h1-2,4-6,8-9,17,19H,3,7,10-11H2,(H,25,28). The fourth-order valence-electron chi connectivity index (χ4n) is 3.92. The Kier molecular flexibility index (Phi) is 4.38. The minimum absolute atomic E-state index is 0.0403. The number of fused-ring (bicyclic) bond motifs is 1. The van der Waals surface area contributed by atoms with Gasteiger partial charge >= 0.3 is 6.03 Å². The van der Waals surface area contributed by atoms with Crippen molar-refractivity contribution in [1.29, 1.82) is 0 Å². The lowest BCUT2D eigenvalue weighted by Gasteiger charge is -2.41. The number of anilines is 1. The molecule has 1 saturated heterocycles. The first-order valence-corrected chi connectivity index (χ1v) is 9.62. The highest BCUT2D eigenvalue weighted by Crippen LogP contribution is 2.32. The number of amides is 3. The third-order valence-electron chi connectivity index (χ3n) is 5.42. The number of carbonyl (C=O) groups excluding carboxylic acids is 2. The summed E-state index contributed by atoms with van der Waals surface area (Å²) in [7, 11) is 0. The molecule has 2 aromatic carbocycles. The van der Waals surface area contributed by atoms with Crippen LogP contribution in [0.25, 0.3) is 0 Å². The van der Waals surface area contributed by atoms with Crippen LogP contribution in [0.15, 0.2) is 41.5 Å². The lowest BCUT2D eigenvalue weighted by Crippen LogP contribution is -2.58. The van der Waals surface area contributed by atoms with Crippen molar-refractivity contribution in [2.24, 2.45) is 5.10 Å². The van der Waals surface area contributed by atoms with Gasteiger partial charge in [0, 0.05) is 30.5 Å². The summed E-state index contributed by atoms with van der Waals surface area (Å²) in [6, 6.07) is 7.81. The Hall–Kier alpha value is -3.49. The molecule has 9 heteroatoms. The summed E-state index contributed by atoms with van der Waals surface area (Å²) in [6.07, 6.45) is 2.15. The molecule has 0 bridgehead atoms. The number of ether oxygens (including phenoxy) is 1. The van der Waals surface area contributed by atoms with Crippen LogP contribution in [-0.2, 0) is 11.2 Å². The van der Waals surface area contributed by atoms with Crippen molar-refractivity contribution in [1.82, 2.24) is 9.91 Å². The molecule has 0 aliphatic carbocycles. The van der Waals surface area contributed by atoms with Crippen LogP contribution in [0, 0.1) is 11.6 Å². The van der Waals surface area contributed by atoms with Crippen molar-refractivity contribution in [2.75, 3.05) is 18.4 Å². The second kappa shape index (κ2) is 7.08. The molecular weight excluding hydrogens is 394 g/mol. The van der Waals surface area contributed by atoms with Gasteiger partial charge in [-0.05, 0) is 29.3 Å². The summed E-state index contributed by atoms with van der Waals surface area (Å²) in [5.41, 5.74) is 2.05. The van der Waals surface area contributed by atoms with Crippen molar-refractivity contribution in [3.8, 4) is 5.75 Å². The molecule has 7 nitrogen and oxygen atoms in total. The van der Waals surface area contributed by atoms with Gasteiger partial charge < -0.3 is 15.0 Å². The van der Waals surface area contributed by atoms with E-state index in [1.807, 2.05) is 12.1 Å². The average Bonchev–Trinajstić information content (AvgIpc) is 3.28. The summed E-state index contributed by atoms with van der Waals surface area (Å²) in [6.45, 7) is 0.747. The Bertz CT molecular complexity index is 1050. The molecule has 30 heavy (non-hydrogen) atoms. The predicted octanol–water partition coefficient (Wildman–Crippen LogP) is 3.08. The summed E-state index contributed by atoms with van der Waals surface area (Å²) in [4.78, 5) is 25.8. The summed E-state index contributed by atoms with van der Waals surface area (Å²) >= 11 is 0. The lowest BCUT2D eigenvalue weighted by atomic mass is 10.0. The first-order valence-electron chi connectivity index (χ1n) is 9.62. The fourth-order valence-corrected chi connectivity index (χ4v) is 3.92. The monoisotopic (exact) mass is 412 g/mol. The second-order valence-corrected chi connectivity index (χ2v) is 7.57. The van der Waals surface area contributed by atoms with Gasteiger partial charge in [0.1, 0.15) is 23.5 Å². The number of hydrogen-bond donors (Lipinski definition) is 1. The van der Waals surface area contributed by atoms with Crippen LogP contribution in [0.4, 0.5) is 19.3 Å². The lowest BCUT2D eigenvalue weighted by molar-refractivity contribution is -0.115.